The quantitative estimate of drug-likeness (QED) is 0.431. The Labute approximate surface area is 35.7 Å². The summed E-state index contributed by atoms with van der Waals surface area (Å²) in [4.78, 5) is 0. The molecule has 0 aliphatic heterocycles. The first-order valence-electron chi connectivity index (χ1n) is 1.86. The molecule has 0 saturated carbocycles. The lowest BCUT2D eigenvalue weighted by molar-refractivity contribution is 1.11. The number of hydrogen-bond acceptors (Lipinski definition) is 0. The van der Waals surface area contributed by atoms with Gasteiger partial charge < -0.3 is 0 Å². The lowest BCUT2D eigenvalue weighted by Gasteiger charge is -1.89. The maximum Gasteiger partial charge on any atom is -0.0230 e. The summed E-state index contributed by atoms with van der Waals surface area (Å²) >= 11 is 0. The summed E-state index contributed by atoms with van der Waals surface area (Å²) < 4.78 is 0. The van der Waals surface area contributed by atoms with E-state index in [0.29, 0.717) is 0 Å². The Balaban J connectivity index is 2.54. The minimum Gasteiger partial charge on any atom is -0.0816 e. The Bertz CT molecular complexity index is 17.6. The molecule has 0 nitrogen and oxygen atoms in total. The molecule has 1 heteroatoms. The maximum atomic E-state index is 2.21. The van der Waals surface area contributed by atoms with Crippen LogP contribution in [-0.2, 0) is 0 Å². The minimum absolute atomic E-state index is 0.856. The fraction of sp³-hybridized carbons (Fsp3) is 1.00. The standard InChI is InChI=1S/C4H10P/c1-4(2)5-3/h4H,1-3H3. The number of rotatable bonds is 1. The Kier molecular flexibility index (Phi) is 2.88. The van der Waals surface area contributed by atoms with Crippen LogP contribution >= 0.6 is 8.58 Å². The van der Waals surface area contributed by atoms with Crippen LogP contribution in [0.2, 0.25) is 0 Å². The molecule has 0 spiro atoms. The summed E-state index contributed by atoms with van der Waals surface area (Å²) in [5.74, 6) is 0. The molecule has 0 aliphatic rings. The van der Waals surface area contributed by atoms with Crippen molar-refractivity contribution in [3.05, 3.63) is 0 Å². The lowest BCUT2D eigenvalue weighted by Crippen LogP contribution is -1.76. The summed E-state index contributed by atoms with van der Waals surface area (Å²) in [6.07, 6.45) is 0. The van der Waals surface area contributed by atoms with Crippen molar-refractivity contribution >= 4 is 8.58 Å². The van der Waals surface area contributed by atoms with Crippen LogP contribution in [0.25, 0.3) is 0 Å². The second kappa shape index (κ2) is 2.66. The summed E-state index contributed by atoms with van der Waals surface area (Å²) in [6.45, 7) is 6.59. The third kappa shape index (κ3) is 4.43. The van der Waals surface area contributed by atoms with Gasteiger partial charge in [-0.1, -0.05) is 22.4 Å². The molecular formula is C4H10P. The van der Waals surface area contributed by atoms with Crippen LogP contribution in [-0.4, -0.2) is 12.3 Å². The van der Waals surface area contributed by atoms with Gasteiger partial charge in [-0.05, 0) is 12.3 Å². The van der Waals surface area contributed by atoms with Gasteiger partial charge in [-0.15, -0.1) is 0 Å². The first-order chi connectivity index (χ1) is 2.27. The second-order valence-electron chi connectivity index (χ2n) is 1.35. The third-order valence-corrected chi connectivity index (χ3v) is 1.55. The highest BCUT2D eigenvalue weighted by molar-refractivity contribution is 7.37. The molecule has 0 aliphatic carbocycles. The Morgan fingerprint density at radius 2 is 1.60 bits per heavy atom. The molecule has 31 valence electrons. The van der Waals surface area contributed by atoms with E-state index in [-0.39, 0.29) is 0 Å². The molecule has 0 aromatic heterocycles. The van der Waals surface area contributed by atoms with Gasteiger partial charge in [0.25, 0.3) is 0 Å². The average molecular weight is 89.1 g/mol. The zero-order valence-corrected chi connectivity index (χ0v) is 4.92. The van der Waals surface area contributed by atoms with Gasteiger partial charge in [-0.2, -0.15) is 0 Å². The predicted molar refractivity (Wildman–Crippen MR) is 28.0 cm³/mol. The second-order valence-corrected chi connectivity index (χ2v) is 2.90. The van der Waals surface area contributed by atoms with Gasteiger partial charge in [-0.25, -0.2) is 0 Å². The zero-order chi connectivity index (χ0) is 4.28. The molecule has 1 radical (unpaired) electrons. The van der Waals surface area contributed by atoms with E-state index < -0.39 is 0 Å². The largest absolute Gasteiger partial charge is 0.0816 e. The average Bonchev–Trinajstić information content (AvgIpc) is 1.38. The van der Waals surface area contributed by atoms with Gasteiger partial charge in [0.05, 0.1) is 0 Å². The smallest absolute Gasteiger partial charge is 0.0230 e. The molecule has 0 bridgehead atoms. The van der Waals surface area contributed by atoms with Gasteiger partial charge in [-0.3, -0.25) is 0 Å². The number of hydrogen-bond donors (Lipinski definition) is 0. The van der Waals surface area contributed by atoms with Gasteiger partial charge in [0.15, 0.2) is 0 Å². The third-order valence-electron chi connectivity index (χ3n) is 0.516. The van der Waals surface area contributed by atoms with E-state index in [1.807, 2.05) is 0 Å². The molecule has 0 rings (SSSR count). The van der Waals surface area contributed by atoms with Crippen LogP contribution in [0.5, 0.6) is 0 Å². The monoisotopic (exact) mass is 89.1 g/mol. The normalized spacial score (nSPS) is 12.0. The lowest BCUT2D eigenvalue weighted by atomic mass is 10.6. The van der Waals surface area contributed by atoms with E-state index in [2.05, 4.69) is 20.5 Å². The van der Waals surface area contributed by atoms with Crippen molar-refractivity contribution in [1.29, 1.82) is 0 Å². The van der Waals surface area contributed by atoms with Crippen molar-refractivity contribution < 1.29 is 0 Å². The molecule has 0 unspecified atom stereocenters. The van der Waals surface area contributed by atoms with E-state index >= 15 is 0 Å². The van der Waals surface area contributed by atoms with Gasteiger partial charge in [0, 0.05) is 0 Å². The molecule has 0 aromatic rings. The molecule has 0 atom stereocenters. The first-order valence-corrected chi connectivity index (χ1v) is 3.27. The van der Waals surface area contributed by atoms with Gasteiger partial charge in [0.2, 0.25) is 0 Å². The van der Waals surface area contributed by atoms with E-state index in [4.69, 9.17) is 0 Å². The Hall–Kier alpha value is 0.430. The van der Waals surface area contributed by atoms with E-state index in [1.54, 1.807) is 0 Å². The van der Waals surface area contributed by atoms with E-state index in [9.17, 15) is 0 Å². The molecule has 0 saturated heterocycles. The minimum atomic E-state index is 0.856. The predicted octanol–water partition coefficient (Wildman–Crippen LogP) is 1.97. The fourth-order valence-electron chi connectivity index (χ4n) is 0. The van der Waals surface area contributed by atoms with Crippen LogP contribution in [0.4, 0.5) is 0 Å². The Morgan fingerprint density at radius 1 is 1.40 bits per heavy atom. The summed E-state index contributed by atoms with van der Waals surface area (Å²) in [5.41, 5.74) is 0.856. The highest BCUT2D eigenvalue weighted by Crippen LogP contribution is 2.09. The fourth-order valence-corrected chi connectivity index (χ4v) is 0. The van der Waals surface area contributed by atoms with Crippen LogP contribution in [0.3, 0.4) is 0 Å². The maximum absolute atomic E-state index is 2.21. The molecule has 5 heavy (non-hydrogen) atoms. The van der Waals surface area contributed by atoms with Crippen LogP contribution < -0.4 is 0 Å². The summed E-state index contributed by atoms with van der Waals surface area (Å²) in [6, 6.07) is 0. The SMILES string of the molecule is C[P]C(C)C. The summed E-state index contributed by atoms with van der Waals surface area (Å²) in [5, 5.41) is 0. The van der Waals surface area contributed by atoms with Crippen molar-refractivity contribution in [2.75, 3.05) is 6.66 Å². The van der Waals surface area contributed by atoms with Crippen molar-refractivity contribution in [3.63, 3.8) is 0 Å². The van der Waals surface area contributed by atoms with Crippen molar-refractivity contribution in [1.82, 2.24) is 0 Å². The first kappa shape index (κ1) is 5.43. The van der Waals surface area contributed by atoms with E-state index in [1.165, 1.54) is 8.58 Å². The molecular weight excluding hydrogens is 79.0 g/mol. The van der Waals surface area contributed by atoms with Gasteiger partial charge in [0.1, 0.15) is 0 Å². The highest BCUT2D eigenvalue weighted by Gasteiger charge is 1.80. The van der Waals surface area contributed by atoms with Crippen LogP contribution in [0.1, 0.15) is 13.8 Å². The molecule has 0 fully saturated rings. The summed E-state index contributed by atoms with van der Waals surface area (Å²) in [7, 11) is 1.50. The molecule has 0 amide bonds. The van der Waals surface area contributed by atoms with Crippen molar-refractivity contribution in [2.45, 2.75) is 19.5 Å². The molecule has 0 aromatic carbocycles. The zero-order valence-electron chi connectivity index (χ0n) is 4.02. The topological polar surface area (TPSA) is 0 Å². The molecule has 0 heterocycles. The van der Waals surface area contributed by atoms with Crippen LogP contribution in [0, 0.1) is 0 Å². The molecule has 0 N–H and O–H groups in total. The highest BCUT2D eigenvalue weighted by atomic mass is 31.1. The Morgan fingerprint density at radius 3 is 1.60 bits per heavy atom. The van der Waals surface area contributed by atoms with Gasteiger partial charge >= 0.3 is 0 Å². The van der Waals surface area contributed by atoms with Crippen LogP contribution in [0.15, 0.2) is 0 Å². The van der Waals surface area contributed by atoms with Crippen molar-refractivity contribution in [2.24, 2.45) is 0 Å². The van der Waals surface area contributed by atoms with E-state index in [0.717, 1.165) is 5.66 Å². The van der Waals surface area contributed by atoms with Crippen molar-refractivity contribution in [3.8, 4) is 0 Å².